The molecular formula is C19H23NO. The first-order valence-corrected chi connectivity index (χ1v) is 7.33. The van der Waals surface area contributed by atoms with Crippen molar-refractivity contribution in [1.82, 2.24) is 4.90 Å². The van der Waals surface area contributed by atoms with Gasteiger partial charge in [-0.1, -0.05) is 72.8 Å². The van der Waals surface area contributed by atoms with Gasteiger partial charge in [-0.3, -0.25) is 4.90 Å². The van der Waals surface area contributed by atoms with E-state index in [0.29, 0.717) is 0 Å². The van der Waals surface area contributed by atoms with Crippen LogP contribution in [0.5, 0.6) is 0 Å². The third-order valence-corrected chi connectivity index (χ3v) is 3.80. The standard InChI is InChI=1S/C19H23NO/c1-16(19(21)18-13-7-4-8-14-18)20(2)15-9-12-17-10-5-3-6-11-17/h3-14,16,19,21H,15H2,1-2H3/b12-9+/t16-,19+/m0/s1. The van der Waals surface area contributed by atoms with E-state index in [0.717, 1.165) is 12.1 Å². The van der Waals surface area contributed by atoms with E-state index in [1.807, 2.05) is 62.5 Å². The Hall–Kier alpha value is -1.90. The highest BCUT2D eigenvalue weighted by molar-refractivity contribution is 5.48. The highest BCUT2D eigenvalue weighted by Gasteiger charge is 2.19. The summed E-state index contributed by atoms with van der Waals surface area (Å²) in [6, 6.07) is 20.1. The number of nitrogens with zero attached hydrogens (tertiary/aromatic N) is 1. The molecule has 0 aliphatic rings. The van der Waals surface area contributed by atoms with Crippen LogP contribution in [0.15, 0.2) is 66.7 Å². The molecule has 110 valence electrons. The topological polar surface area (TPSA) is 23.5 Å². The Balaban J connectivity index is 1.91. The maximum atomic E-state index is 10.4. The Morgan fingerprint density at radius 3 is 2.19 bits per heavy atom. The number of aliphatic hydroxyl groups excluding tert-OH is 1. The van der Waals surface area contributed by atoms with Gasteiger partial charge in [0.05, 0.1) is 6.10 Å². The summed E-state index contributed by atoms with van der Waals surface area (Å²) in [7, 11) is 2.03. The molecule has 2 rings (SSSR count). The molecule has 2 aromatic carbocycles. The first kappa shape index (κ1) is 15.5. The zero-order valence-corrected chi connectivity index (χ0v) is 12.7. The Kier molecular flexibility index (Phi) is 5.73. The van der Waals surface area contributed by atoms with E-state index in [2.05, 4.69) is 29.2 Å². The molecule has 0 heterocycles. The second-order valence-corrected chi connectivity index (χ2v) is 5.35. The van der Waals surface area contributed by atoms with Crippen molar-refractivity contribution >= 4 is 6.08 Å². The van der Waals surface area contributed by atoms with E-state index in [-0.39, 0.29) is 6.04 Å². The van der Waals surface area contributed by atoms with Crippen molar-refractivity contribution in [3.05, 3.63) is 77.9 Å². The first-order chi connectivity index (χ1) is 10.2. The van der Waals surface area contributed by atoms with Crippen LogP contribution in [0, 0.1) is 0 Å². The minimum atomic E-state index is -0.471. The van der Waals surface area contributed by atoms with Crippen LogP contribution in [0.4, 0.5) is 0 Å². The van der Waals surface area contributed by atoms with Gasteiger partial charge in [-0.05, 0) is 25.1 Å². The van der Waals surface area contributed by atoms with Crippen LogP contribution >= 0.6 is 0 Å². The average Bonchev–Trinajstić information content (AvgIpc) is 2.55. The third-order valence-electron chi connectivity index (χ3n) is 3.80. The molecule has 0 saturated heterocycles. The van der Waals surface area contributed by atoms with Gasteiger partial charge in [0.15, 0.2) is 0 Å². The maximum absolute atomic E-state index is 10.4. The molecule has 2 heteroatoms. The van der Waals surface area contributed by atoms with Gasteiger partial charge >= 0.3 is 0 Å². The molecule has 2 aromatic rings. The minimum Gasteiger partial charge on any atom is -0.387 e. The van der Waals surface area contributed by atoms with Crippen LogP contribution in [0.3, 0.4) is 0 Å². The highest BCUT2D eigenvalue weighted by Crippen LogP contribution is 2.19. The lowest BCUT2D eigenvalue weighted by Gasteiger charge is -2.28. The number of aliphatic hydroxyl groups is 1. The smallest absolute Gasteiger partial charge is 0.0942 e. The van der Waals surface area contributed by atoms with Gasteiger partial charge in [-0.15, -0.1) is 0 Å². The number of benzene rings is 2. The Morgan fingerprint density at radius 2 is 1.57 bits per heavy atom. The third kappa shape index (κ3) is 4.55. The molecule has 0 amide bonds. The van der Waals surface area contributed by atoms with Gasteiger partial charge in [-0.25, -0.2) is 0 Å². The van der Waals surface area contributed by atoms with Crippen LogP contribution in [-0.2, 0) is 0 Å². The first-order valence-electron chi connectivity index (χ1n) is 7.33. The normalized spacial score (nSPS) is 14.5. The fraction of sp³-hybridized carbons (Fsp3) is 0.263. The molecule has 0 unspecified atom stereocenters. The molecule has 21 heavy (non-hydrogen) atoms. The average molecular weight is 281 g/mol. The van der Waals surface area contributed by atoms with E-state index in [9.17, 15) is 5.11 Å². The lowest BCUT2D eigenvalue weighted by atomic mass is 10.0. The zero-order chi connectivity index (χ0) is 15.1. The summed E-state index contributed by atoms with van der Waals surface area (Å²) in [5.41, 5.74) is 2.16. The van der Waals surface area contributed by atoms with Gasteiger partial charge in [0.1, 0.15) is 0 Å². The van der Waals surface area contributed by atoms with Crippen LogP contribution in [0.2, 0.25) is 0 Å². The molecule has 0 aliphatic heterocycles. The summed E-state index contributed by atoms with van der Waals surface area (Å²) in [4.78, 5) is 2.15. The van der Waals surface area contributed by atoms with Gasteiger partial charge in [0.25, 0.3) is 0 Å². The van der Waals surface area contributed by atoms with Crippen molar-refractivity contribution < 1.29 is 5.11 Å². The molecule has 0 aromatic heterocycles. The molecular weight excluding hydrogens is 258 g/mol. The van der Waals surface area contributed by atoms with Gasteiger partial charge < -0.3 is 5.11 Å². The fourth-order valence-electron chi connectivity index (χ4n) is 2.26. The van der Waals surface area contributed by atoms with Gasteiger partial charge in [0.2, 0.25) is 0 Å². The predicted molar refractivity (Wildman–Crippen MR) is 89.0 cm³/mol. The van der Waals surface area contributed by atoms with Crippen molar-refractivity contribution in [3.8, 4) is 0 Å². The van der Waals surface area contributed by atoms with Crippen molar-refractivity contribution in [2.45, 2.75) is 19.1 Å². The summed E-state index contributed by atoms with van der Waals surface area (Å²) in [6.45, 7) is 2.86. The van der Waals surface area contributed by atoms with Gasteiger partial charge in [0, 0.05) is 12.6 Å². The van der Waals surface area contributed by atoms with Crippen molar-refractivity contribution in [2.24, 2.45) is 0 Å². The Bertz CT molecular complexity index is 550. The number of hydrogen-bond donors (Lipinski definition) is 1. The number of likely N-dealkylation sites (N-methyl/N-ethyl adjacent to an activating group) is 1. The van der Waals surface area contributed by atoms with Crippen LogP contribution in [0.25, 0.3) is 6.08 Å². The second-order valence-electron chi connectivity index (χ2n) is 5.35. The molecule has 1 N–H and O–H groups in total. The Labute approximate surface area is 127 Å². The SMILES string of the molecule is C[C@@H]([C@@H](O)c1ccccc1)N(C)C/C=C/c1ccccc1. The van der Waals surface area contributed by atoms with Crippen LogP contribution in [0.1, 0.15) is 24.2 Å². The molecule has 0 fully saturated rings. The van der Waals surface area contributed by atoms with E-state index < -0.39 is 6.10 Å². The quantitative estimate of drug-likeness (QED) is 0.871. The second kappa shape index (κ2) is 7.77. The summed E-state index contributed by atoms with van der Waals surface area (Å²) < 4.78 is 0. The monoisotopic (exact) mass is 281 g/mol. The minimum absolute atomic E-state index is 0.0628. The maximum Gasteiger partial charge on any atom is 0.0942 e. The lowest BCUT2D eigenvalue weighted by molar-refractivity contribution is 0.0787. The molecule has 2 atom stereocenters. The number of rotatable bonds is 6. The van der Waals surface area contributed by atoms with Crippen LogP contribution < -0.4 is 0 Å². The fourth-order valence-corrected chi connectivity index (χ4v) is 2.26. The highest BCUT2D eigenvalue weighted by atomic mass is 16.3. The summed E-state index contributed by atoms with van der Waals surface area (Å²) in [5, 5.41) is 10.4. The largest absolute Gasteiger partial charge is 0.387 e. The van der Waals surface area contributed by atoms with Crippen molar-refractivity contribution in [1.29, 1.82) is 0 Å². The molecule has 0 aliphatic carbocycles. The van der Waals surface area contributed by atoms with E-state index in [1.54, 1.807) is 0 Å². The number of hydrogen-bond acceptors (Lipinski definition) is 2. The molecule has 0 radical (unpaired) electrons. The Morgan fingerprint density at radius 1 is 1.00 bits per heavy atom. The van der Waals surface area contributed by atoms with E-state index >= 15 is 0 Å². The molecule has 0 spiro atoms. The molecule has 0 saturated carbocycles. The van der Waals surface area contributed by atoms with Crippen molar-refractivity contribution in [3.63, 3.8) is 0 Å². The predicted octanol–water partition coefficient (Wildman–Crippen LogP) is 3.75. The summed E-state index contributed by atoms with van der Waals surface area (Å²) >= 11 is 0. The van der Waals surface area contributed by atoms with E-state index in [1.165, 1.54) is 5.56 Å². The lowest BCUT2D eigenvalue weighted by Crippen LogP contribution is -2.34. The summed E-state index contributed by atoms with van der Waals surface area (Å²) in [5.74, 6) is 0. The zero-order valence-electron chi connectivity index (χ0n) is 12.7. The molecule has 2 nitrogen and oxygen atoms in total. The molecule has 0 bridgehead atoms. The summed E-state index contributed by atoms with van der Waals surface area (Å²) in [6.07, 6.45) is 3.77. The van der Waals surface area contributed by atoms with E-state index in [4.69, 9.17) is 0 Å². The van der Waals surface area contributed by atoms with Crippen LogP contribution in [-0.4, -0.2) is 29.6 Å². The van der Waals surface area contributed by atoms with Gasteiger partial charge in [-0.2, -0.15) is 0 Å². The van der Waals surface area contributed by atoms with Crippen molar-refractivity contribution in [2.75, 3.05) is 13.6 Å².